The monoisotopic (exact) mass is 700 g/mol. The molecule has 2 aliphatic rings. The molecule has 2 aromatic carbocycles. The Morgan fingerprint density at radius 1 is 1.12 bits per heavy atom. The van der Waals surface area contributed by atoms with Gasteiger partial charge in [0.15, 0.2) is 17.7 Å². The number of rotatable bonds is 13. The number of carbonyl (C=O) groups excluding carboxylic acids is 1. The molecule has 2 aromatic heterocycles. The van der Waals surface area contributed by atoms with Gasteiger partial charge in [-0.1, -0.05) is 40.5 Å². The van der Waals surface area contributed by atoms with Crippen molar-refractivity contribution in [1.82, 2.24) is 15.4 Å². The summed E-state index contributed by atoms with van der Waals surface area (Å²) < 4.78 is 45.3. The van der Waals surface area contributed by atoms with Gasteiger partial charge in [0, 0.05) is 57.0 Å². The average molecular weight is 702 g/mol. The van der Waals surface area contributed by atoms with Gasteiger partial charge in [-0.2, -0.15) is 4.73 Å². The fraction of sp³-hybridized carbons (Fsp3) is 0.400. The van der Waals surface area contributed by atoms with Crippen LogP contribution in [0.15, 0.2) is 59.3 Å². The van der Waals surface area contributed by atoms with Crippen LogP contribution < -0.4 is 14.8 Å². The lowest BCUT2D eigenvalue weighted by atomic mass is 9.80. The van der Waals surface area contributed by atoms with Crippen LogP contribution in [0.4, 0.5) is 8.78 Å². The van der Waals surface area contributed by atoms with Crippen molar-refractivity contribution in [2.24, 2.45) is 5.92 Å². The molecule has 0 spiro atoms. The average Bonchev–Trinajstić information content (AvgIpc) is 3.83. The molecule has 1 N–H and O–H groups in total. The number of piperidine rings is 1. The number of benzene rings is 2. The molecule has 9 nitrogen and oxygen atoms in total. The zero-order valence-electron chi connectivity index (χ0n) is 26.4. The predicted octanol–water partition coefficient (Wildman–Crippen LogP) is 6.60. The van der Waals surface area contributed by atoms with Gasteiger partial charge in [-0.3, -0.25) is 4.79 Å². The van der Waals surface area contributed by atoms with Crippen molar-refractivity contribution < 1.29 is 32.3 Å². The molecule has 0 radical (unpaired) electrons. The fourth-order valence-corrected chi connectivity index (χ4v) is 6.67. The first-order valence-corrected chi connectivity index (χ1v) is 16.7. The Kier molecular flexibility index (Phi) is 10.8. The summed E-state index contributed by atoms with van der Waals surface area (Å²) >= 11 is 12.5. The molecule has 1 amide bonds. The van der Waals surface area contributed by atoms with Crippen LogP contribution in [-0.4, -0.2) is 48.8 Å². The zero-order valence-corrected chi connectivity index (χ0v) is 27.9. The van der Waals surface area contributed by atoms with Crippen molar-refractivity contribution in [2.75, 3.05) is 26.8 Å². The van der Waals surface area contributed by atoms with E-state index in [1.54, 1.807) is 7.11 Å². The third-order valence-corrected chi connectivity index (χ3v) is 9.61. The Labute approximate surface area is 287 Å². The van der Waals surface area contributed by atoms with Crippen LogP contribution in [0, 0.1) is 22.8 Å². The highest BCUT2D eigenvalue weighted by molar-refractivity contribution is 6.33. The van der Waals surface area contributed by atoms with Crippen LogP contribution in [0.3, 0.4) is 0 Å². The first kappa shape index (κ1) is 34.1. The molecule has 3 heterocycles. The number of aromatic nitrogens is 2. The second-order valence-corrected chi connectivity index (χ2v) is 13.0. The standard InChI is InChI=1S/C35H36Cl2F2N4O5/c1-46-14-2-3-24-15-22(29(36)19-43(24)45)18-42(23-6-7-23)35(44)28-17-40-13-12-27(28)21-4-8-25(9-5-21)47-20-26-16-32(41-48-26)33-30(38)10-11-31(39)34(33)37/h4-5,8-11,15-16,19,23,27-28,40H,2-3,6-7,12-14,17-18,20H2,1H3/t27-,28+/m1/s1. The van der Waals surface area contributed by atoms with Crippen LogP contribution in [0.25, 0.3) is 11.3 Å². The molecule has 0 unspecified atom stereocenters. The second kappa shape index (κ2) is 15.2. The first-order chi connectivity index (χ1) is 23.2. The molecule has 0 bridgehead atoms. The van der Waals surface area contributed by atoms with Crippen molar-refractivity contribution in [3.8, 4) is 17.0 Å². The molecule has 1 aliphatic carbocycles. The van der Waals surface area contributed by atoms with Gasteiger partial charge in [-0.15, -0.1) is 0 Å². The molecular formula is C35H36Cl2F2N4O5. The number of methoxy groups -OCH3 is 1. The van der Waals surface area contributed by atoms with E-state index >= 15 is 0 Å². The Hall–Kier alpha value is -3.77. The summed E-state index contributed by atoms with van der Waals surface area (Å²) in [4.78, 5) is 16.1. The molecule has 13 heteroatoms. The van der Waals surface area contributed by atoms with E-state index in [0.29, 0.717) is 54.8 Å². The maximum absolute atomic E-state index is 14.3. The zero-order chi connectivity index (χ0) is 33.8. The molecule has 1 saturated heterocycles. The third-order valence-electron chi connectivity index (χ3n) is 8.90. The van der Waals surface area contributed by atoms with Gasteiger partial charge in [-0.05, 0) is 68.0 Å². The van der Waals surface area contributed by atoms with Gasteiger partial charge in [-0.25, -0.2) is 8.78 Å². The number of pyridine rings is 1. The molecule has 2 fully saturated rings. The molecular weight excluding hydrogens is 665 g/mol. The first-order valence-electron chi connectivity index (χ1n) is 16.0. The van der Waals surface area contributed by atoms with E-state index in [0.717, 1.165) is 53.8 Å². The van der Waals surface area contributed by atoms with Crippen LogP contribution >= 0.6 is 23.2 Å². The Morgan fingerprint density at radius 3 is 2.65 bits per heavy atom. The molecule has 1 saturated carbocycles. The van der Waals surface area contributed by atoms with Gasteiger partial charge >= 0.3 is 0 Å². The number of nitrogens with one attached hydrogen (secondary N) is 1. The van der Waals surface area contributed by atoms with Gasteiger partial charge in [0.2, 0.25) is 5.91 Å². The molecule has 48 heavy (non-hydrogen) atoms. The molecule has 1 aliphatic heterocycles. The number of hydrogen-bond donors (Lipinski definition) is 1. The van der Waals surface area contributed by atoms with Gasteiger partial charge in [0.1, 0.15) is 34.7 Å². The van der Waals surface area contributed by atoms with Crippen molar-refractivity contribution in [3.63, 3.8) is 0 Å². The number of hydrogen-bond acceptors (Lipinski definition) is 7. The normalized spacial score (nSPS) is 17.8. The number of nitrogens with zero attached hydrogens (tertiary/aromatic N) is 3. The SMILES string of the molecule is COCCCc1cc(CN(C(=O)[C@H]2CNCC[C@@H]2c2ccc(OCc3cc(-c4c(F)ccc(F)c4Cl)no3)cc2)C2CC2)c(Cl)c[n+]1[O-]. The van der Waals surface area contributed by atoms with E-state index < -0.39 is 11.6 Å². The Bertz CT molecular complexity index is 1750. The number of carbonyl (C=O) groups is 1. The minimum absolute atomic E-state index is 0.00329. The number of halogens is 4. The highest BCUT2D eigenvalue weighted by Gasteiger charge is 2.40. The summed E-state index contributed by atoms with van der Waals surface area (Å²) in [6.07, 6.45) is 5.30. The topological polar surface area (TPSA) is 104 Å². The fourth-order valence-electron chi connectivity index (χ4n) is 6.22. The van der Waals surface area contributed by atoms with Crippen molar-refractivity contribution in [1.29, 1.82) is 0 Å². The Balaban J connectivity index is 1.12. The molecule has 4 aromatic rings. The lowest BCUT2D eigenvalue weighted by Crippen LogP contribution is -2.47. The smallest absolute Gasteiger partial charge is 0.228 e. The van der Waals surface area contributed by atoms with E-state index in [1.807, 2.05) is 35.2 Å². The van der Waals surface area contributed by atoms with E-state index in [9.17, 15) is 18.8 Å². The van der Waals surface area contributed by atoms with E-state index in [1.165, 1.54) is 12.3 Å². The quantitative estimate of drug-likeness (QED) is 0.0725. The van der Waals surface area contributed by atoms with Gasteiger partial charge < -0.3 is 29.4 Å². The minimum Gasteiger partial charge on any atom is -0.618 e. The van der Waals surface area contributed by atoms with Crippen molar-refractivity contribution in [3.05, 3.63) is 104 Å². The molecule has 6 rings (SSSR count). The van der Waals surface area contributed by atoms with E-state index in [2.05, 4.69) is 10.5 Å². The third kappa shape index (κ3) is 7.75. The predicted molar refractivity (Wildman–Crippen MR) is 176 cm³/mol. The van der Waals surface area contributed by atoms with Crippen LogP contribution in [0.1, 0.15) is 54.2 Å². The second-order valence-electron chi connectivity index (χ2n) is 12.2. The molecule has 254 valence electrons. The summed E-state index contributed by atoms with van der Waals surface area (Å²) in [6, 6.07) is 13.0. The number of ether oxygens (including phenoxy) is 2. The van der Waals surface area contributed by atoms with Crippen LogP contribution in [0.2, 0.25) is 10.0 Å². The summed E-state index contributed by atoms with van der Waals surface area (Å²) in [5.74, 6) is -0.799. The number of aryl methyl sites for hydroxylation is 1. The summed E-state index contributed by atoms with van der Waals surface area (Å²) in [6.45, 7) is 2.25. The lowest BCUT2D eigenvalue weighted by molar-refractivity contribution is -0.614. The summed E-state index contributed by atoms with van der Waals surface area (Å²) in [5.41, 5.74) is 2.29. The summed E-state index contributed by atoms with van der Waals surface area (Å²) in [7, 11) is 1.63. The van der Waals surface area contributed by atoms with Crippen LogP contribution in [-0.2, 0) is 29.1 Å². The van der Waals surface area contributed by atoms with Gasteiger partial charge in [0.25, 0.3) is 0 Å². The lowest BCUT2D eigenvalue weighted by Gasteiger charge is -2.36. The van der Waals surface area contributed by atoms with Gasteiger partial charge in [0.05, 0.1) is 16.5 Å². The van der Waals surface area contributed by atoms with E-state index in [-0.39, 0.29) is 46.7 Å². The van der Waals surface area contributed by atoms with Crippen molar-refractivity contribution in [2.45, 2.75) is 57.2 Å². The Morgan fingerprint density at radius 2 is 1.90 bits per heavy atom. The molecule has 2 atom stereocenters. The highest BCUT2D eigenvalue weighted by atomic mass is 35.5. The largest absolute Gasteiger partial charge is 0.618 e. The maximum atomic E-state index is 14.3. The van der Waals surface area contributed by atoms with Crippen molar-refractivity contribution >= 4 is 29.1 Å². The van der Waals surface area contributed by atoms with Crippen LogP contribution in [0.5, 0.6) is 5.75 Å². The number of amides is 1. The highest BCUT2D eigenvalue weighted by Crippen LogP contribution is 2.37. The summed E-state index contributed by atoms with van der Waals surface area (Å²) in [5, 5.41) is 19.7. The minimum atomic E-state index is -0.756. The van der Waals surface area contributed by atoms with E-state index in [4.69, 9.17) is 37.2 Å². The maximum Gasteiger partial charge on any atom is 0.228 e.